The Morgan fingerprint density at radius 2 is 1.91 bits per heavy atom. The number of pyridine rings is 1. The molecule has 4 rings (SSSR count). The standard InChI is InChI=1S/C23H31N7O3S/c1-18-3-2-4-19(17-18)25-23(34)29-11-9-28(10-12-29)21-6-5-20(30(31)32)22(26-21)24-7-8-27-13-15-33-16-14-27/h2-6,17H,7-16H2,1H3,(H,24,26)(H,25,34). The summed E-state index contributed by atoms with van der Waals surface area (Å²) in [5, 5.41) is 18.7. The summed E-state index contributed by atoms with van der Waals surface area (Å²) in [5.74, 6) is 1.05. The number of hydrogen-bond donors (Lipinski definition) is 2. The number of morpholine rings is 1. The molecule has 0 unspecified atom stereocenters. The topological polar surface area (TPSA) is 99.0 Å². The second-order valence-corrected chi connectivity index (χ2v) is 8.84. The number of nitrogens with zero attached hydrogens (tertiary/aromatic N) is 5. The fourth-order valence-corrected chi connectivity index (χ4v) is 4.42. The van der Waals surface area contributed by atoms with E-state index in [2.05, 4.69) is 49.4 Å². The summed E-state index contributed by atoms with van der Waals surface area (Å²) in [6.07, 6.45) is 0. The lowest BCUT2D eigenvalue weighted by Gasteiger charge is -2.37. The van der Waals surface area contributed by atoms with Crippen LogP contribution in [0, 0.1) is 17.0 Å². The minimum atomic E-state index is -0.388. The van der Waals surface area contributed by atoms with E-state index in [9.17, 15) is 10.1 Å². The second-order valence-electron chi connectivity index (χ2n) is 8.45. The van der Waals surface area contributed by atoms with Crippen molar-refractivity contribution in [3.05, 3.63) is 52.1 Å². The quantitative estimate of drug-likeness (QED) is 0.346. The summed E-state index contributed by atoms with van der Waals surface area (Å²) in [7, 11) is 0. The highest BCUT2D eigenvalue weighted by atomic mass is 32.1. The summed E-state index contributed by atoms with van der Waals surface area (Å²) >= 11 is 5.61. The van der Waals surface area contributed by atoms with Gasteiger partial charge in [0.2, 0.25) is 5.82 Å². The van der Waals surface area contributed by atoms with Crippen LogP contribution in [0.25, 0.3) is 0 Å². The van der Waals surface area contributed by atoms with Crippen LogP contribution in [0.5, 0.6) is 0 Å². The Hall–Kier alpha value is -3.02. The zero-order valence-electron chi connectivity index (χ0n) is 19.4. The van der Waals surface area contributed by atoms with Gasteiger partial charge in [-0.25, -0.2) is 4.98 Å². The molecule has 1 aromatic carbocycles. The molecule has 3 heterocycles. The summed E-state index contributed by atoms with van der Waals surface area (Å²) in [5.41, 5.74) is 2.15. The van der Waals surface area contributed by atoms with Crippen molar-refractivity contribution in [1.29, 1.82) is 0 Å². The lowest BCUT2D eigenvalue weighted by atomic mass is 10.2. The van der Waals surface area contributed by atoms with Gasteiger partial charge in [0.05, 0.1) is 18.1 Å². The predicted molar refractivity (Wildman–Crippen MR) is 138 cm³/mol. The number of anilines is 3. The van der Waals surface area contributed by atoms with E-state index in [0.29, 0.717) is 17.5 Å². The number of piperazine rings is 1. The lowest BCUT2D eigenvalue weighted by molar-refractivity contribution is -0.384. The molecule has 0 bridgehead atoms. The molecule has 2 fully saturated rings. The van der Waals surface area contributed by atoms with Crippen molar-refractivity contribution < 1.29 is 9.66 Å². The molecule has 0 radical (unpaired) electrons. The van der Waals surface area contributed by atoms with E-state index in [4.69, 9.17) is 17.0 Å². The molecule has 2 aliphatic heterocycles. The van der Waals surface area contributed by atoms with Crippen molar-refractivity contribution in [2.45, 2.75) is 6.92 Å². The Morgan fingerprint density at radius 3 is 2.62 bits per heavy atom. The molecule has 11 heteroatoms. The van der Waals surface area contributed by atoms with E-state index < -0.39 is 0 Å². The van der Waals surface area contributed by atoms with Crippen molar-refractivity contribution in [1.82, 2.24) is 14.8 Å². The number of aromatic nitrogens is 1. The Kier molecular flexibility index (Phi) is 8.09. The van der Waals surface area contributed by atoms with Gasteiger partial charge in [-0.2, -0.15) is 0 Å². The molecule has 2 aromatic rings. The maximum Gasteiger partial charge on any atom is 0.311 e. The largest absolute Gasteiger partial charge is 0.379 e. The van der Waals surface area contributed by atoms with Crippen LogP contribution in [0.3, 0.4) is 0 Å². The van der Waals surface area contributed by atoms with Gasteiger partial charge in [0.1, 0.15) is 5.82 Å². The fraction of sp³-hybridized carbons (Fsp3) is 0.478. The molecule has 0 atom stereocenters. The Balaban J connectivity index is 1.34. The van der Waals surface area contributed by atoms with Gasteiger partial charge < -0.3 is 25.2 Å². The van der Waals surface area contributed by atoms with E-state index in [1.807, 2.05) is 12.1 Å². The highest BCUT2D eigenvalue weighted by Crippen LogP contribution is 2.26. The molecule has 0 saturated carbocycles. The molecule has 2 N–H and O–H groups in total. The van der Waals surface area contributed by atoms with E-state index in [0.717, 1.165) is 70.5 Å². The number of nitrogens with one attached hydrogen (secondary N) is 2. The van der Waals surface area contributed by atoms with E-state index in [1.165, 1.54) is 11.6 Å². The van der Waals surface area contributed by atoms with Gasteiger partial charge in [0.25, 0.3) is 0 Å². The molecule has 2 aliphatic rings. The minimum absolute atomic E-state index is 0.00658. The number of aryl methyl sites for hydroxylation is 1. The predicted octanol–water partition coefficient (Wildman–Crippen LogP) is 2.56. The maximum absolute atomic E-state index is 11.5. The number of benzene rings is 1. The summed E-state index contributed by atoms with van der Waals surface area (Å²) < 4.78 is 5.37. The van der Waals surface area contributed by atoms with Crippen LogP contribution < -0.4 is 15.5 Å². The second kappa shape index (κ2) is 11.4. The van der Waals surface area contributed by atoms with Crippen molar-refractivity contribution in [3.8, 4) is 0 Å². The molecular formula is C23H31N7O3S. The van der Waals surface area contributed by atoms with Crippen molar-refractivity contribution in [2.75, 3.05) is 81.1 Å². The van der Waals surface area contributed by atoms with Gasteiger partial charge in [-0.15, -0.1) is 0 Å². The number of rotatable bonds is 7. The third-order valence-corrected chi connectivity index (χ3v) is 6.40. The van der Waals surface area contributed by atoms with Crippen LogP contribution in [-0.2, 0) is 4.74 Å². The van der Waals surface area contributed by atoms with E-state index >= 15 is 0 Å². The third-order valence-electron chi connectivity index (χ3n) is 6.04. The molecule has 182 valence electrons. The first kappa shape index (κ1) is 24.1. The highest BCUT2D eigenvalue weighted by molar-refractivity contribution is 7.80. The summed E-state index contributed by atoms with van der Waals surface area (Å²) in [6.45, 7) is 9.59. The van der Waals surface area contributed by atoms with E-state index in [1.54, 1.807) is 6.07 Å². The highest BCUT2D eigenvalue weighted by Gasteiger charge is 2.23. The molecule has 0 spiro atoms. The van der Waals surface area contributed by atoms with Gasteiger partial charge in [-0.1, -0.05) is 12.1 Å². The van der Waals surface area contributed by atoms with Crippen LogP contribution in [0.4, 0.5) is 23.0 Å². The summed E-state index contributed by atoms with van der Waals surface area (Å²) in [6, 6.07) is 11.4. The lowest BCUT2D eigenvalue weighted by Crippen LogP contribution is -2.50. The smallest absolute Gasteiger partial charge is 0.311 e. The average Bonchev–Trinajstić information content (AvgIpc) is 2.84. The van der Waals surface area contributed by atoms with Gasteiger partial charge in [-0.3, -0.25) is 15.0 Å². The molecule has 1 aromatic heterocycles. The fourth-order valence-electron chi connectivity index (χ4n) is 4.12. The van der Waals surface area contributed by atoms with Crippen molar-refractivity contribution in [2.24, 2.45) is 0 Å². The van der Waals surface area contributed by atoms with Gasteiger partial charge in [0, 0.05) is 64.1 Å². The van der Waals surface area contributed by atoms with Crippen molar-refractivity contribution in [3.63, 3.8) is 0 Å². The number of ether oxygens (including phenoxy) is 1. The number of thiocarbonyl (C=S) groups is 1. The zero-order valence-corrected chi connectivity index (χ0v) is 20.2. The normalized spacial score (nSPS) is 16.9. The summed E-state index contributed by atoms with van der Waals surface area (Å²) in [4.78, 5) is 22.3. The minimum Gasteiger partial charge on any atom is -0.379 e. The Morgan fingerprint density at radius 1 is 1.15 bits per heavy atom. The maximum atomic E-state index is 11.5. The SMILES string of the molecule is Cc1cccc(NC(=S)N2CCN(c3ccc([N+](=O)[O-])c(NCCN4CCOCC4)n3)CC2)c1. The molecule has 34 heavy (non-hydrogen) atoms. The van der Waals surface area contributed by atoms with E-state index in [-0.39, 0.29) is 10.6 Å². The van der Waals surface area contributed by atoms with Gasteiger partial charge in [-0.05, 0) is 42.9 Å². The first-order valence-corrected chi connectivity index (χ1v) is 12.0. The molecule has 10 nitrogen and oxygen atoms in total. The molecule has 0 aliphatic carbocycles. The third kappa shape index (κ3) is 6.31. The molecular weight excluding hydrogens is 454 g/mol. The molecule has 2 saturated heterocycles. The van der Waals surface area contributed by atoms with Crippen LogP contribution in [-0.4, -0.2) is 90.4 Å². The first-order chi connectivity index (χ1) is 16.5. The Bertz CT molecular complexity index is 1010. The van der Waals surface area contributed by atoms with Gasteiger partial charge in [0.15, 0.2) is 5.11 Å². The molecule has 0 amide bonds. The average molecular weight is 486 g/mol. The monoisotopic (exact) mass is 485 g/mol. The Labute approximate surface area is 205 Å². The van der Waals surface area contributed by atoms with Crippen LogP contribution in [0.2, 0.25) is 0 Å². The first-order valence-electron chi connectivity index (χ1n) is 11.6. The number of hydrogen-bond acceptors (Lipinski definition) is 8. The zero-order chi connectivity index (χ0) is 23.9. The van der Waals surface area contributed by atoms with Crippen LogP contribution in [0.15, 0.2) is 36.4 Å². The van der Waals surface area contributed by atoms with Crippen LogP contribution in [0.1, 0.15) is 5.56 Å². The number of nitro groups is 1. The van der Waals surface area contributed by atoms with Gasteiger partial charge >= 0.3 is 5.69 Å². The van der Waals surface area contributed by atoms with Crippen molar-refractivity contribution >= 4 is 40.3 Å². The van der Waals surface area contributed by atoms with Crippen LogP contribution >= 0.6 is 12.2 Å².